The van der Waals surface area contributed by atoms with Crippen molar-refractivity contribution in [2.75, 3.05) is 14.2 Å². The highest BCUT2D eigenvalue weighted by atomic mass is 35.5. The molecule has 0 aromatic heterocycles. The smallest absolute Gasteiger partial charge is 0.261 e. The van der Waals surface area contributed by atoms with Gasteiger partial charge in [-0.2, -0.15) is 0 Å². The molecule has 0 radical (unpaired) electrons. The summed E-state index contributed by atoms with van der Waals surface area (Å²) in [4.78, 5) is 12.4. The van der Waals surface area contributed by atoms with Crippen LogP contribution in [0.5, 0.6) is 17.2 Å². The minimum Gasteiger partial charge on any atom is -0.493 e. The largest absolute Gasteiger partial charge is 0.493 e. The summed E-state index contributed by atoms with van der Waals surface area (Å²) in [6.45, 7) is 3.59. The van der Waals surface area contributed by atoms with Crippen molar-refractivity contribution in [3.8, 4) is 17.2 Å². The van der Waals surface area contributed by atoms with Crippen molar-refractivity contribution in [2.24, 2.45) is 0 Å². The third kappa shape index (κ3) is 5.03. The number of nitrogens with one attached hydrogen (secondary N) is 1. The molecular formula is C19H22ClNO4. The molecule has 134 valence electrons. The number of carbonyl (C=O) groups excluding carboxylic acids is 1. The summed E-state index contributed by atoms with van der Waals surface area (Å²) in [5.74, 6) is 1.59. The second-order valence-electron chi connectivity index (χ2n) is 5.56. The van der Waals surface area contributed by atoms with Gasteiger partial charge in [-0.1, -0.05) is 23.7 Å². The molecule has 25 heavy (non-hydrogen) atoms. The van der Waals surface area contributed by atoms with Crippen LogP contribution in [0.2, 0.25) is 5.02 Å². The number of hydrogen-bond donors (Lipinski definition) is 1. The lowest BCUT2D eigenvalue weighted by molar-refractivity contribution is -0.127. The fourth-order valence-corrected chi connectivity index (χ4v) is 2.51. The molecule has 6 heteroatoms. The molecule has 0 unspecified atom stereocenters. The summed E-state index contributed by atoms with van der Waals surface area (Å²) in [7, 11) is 3.16. The zero-order chi connectivity index (χ0) is 18.4. The van der Waals surface area contributed by atoms with Crippen LogP contribution in [-0.4, -0.2) is 26.2 Å². The Labute approximate surface area is 152 Å². The summed E-state index contributed by atoms with van der Waals surface area (Å²) in [6.07, 6.45) is -0.652. The third-order valence-corrected chi connectivity index (χ3v) is 3.98. The Hall–Kier alpha value is -2.40. The van der Waals surface area contributed by atoms with E-state index in [1.165, 1.54) is 0 Å². The fraction of sp³-hybridized carbons (Fsp3) is 0.316. The number of carbonyl (C=O) groups is 1. The second kappa shape index (κ2) is 8.62. The molecule has 2 rings (SSSR count). The molecule has 0 bridgehead atoms. The second-order valence-corrected chi connectivity index (χ2v) is 6.00. The molecule has 0 fully saturated rings. The lowest BCUT2D eigenvalue weighted by Gasteiger charge is -2.20. The Morgan fingerprint density at radius 1 is 1.04 bits per heavy atom. The Balaban J connectivity index is 2.01. The van der Waals surface area contributed by atoms with Crippen molar-refractivity contribution in [3.05, 3.63) is 53.1 Å². The van der Waals surface area contributed by atoms with Crippen LogP contribution in [0.1, 0.15) is 25.5 Å². The monoisotopic (exact) mass is 363 g/mol. The Kier molecular flexibility index (Phi) is 6.53. The standard InChI is InChI=1S/C19H22ClNO4/c1-12(14-8-9-17(23-3)18(10-14)24-4)21-19(22)13(2)25-16-7-5-6-15(20)11-16/h5-13H,1-4H3,(H,21,22)/t12-,13+/m1/s1. The van der Waals surface area contributed by atoms with E-state index >= 15 is 0 Å². The first-order valence-corrected chi connectivity index (χ1v) is 8.27. The van der Waals surface area contributed by atoms with Crippen LogP contribution in [0.4, 0.5) is 0 Å². The van der Waals surface area contributed by atoms with E-state index < -0.39 is 6.10 Å². The molecule has 0 aliphatic rings. The highest BCUT2D eigenvalue weighted by Gasteiger charge is 2.19. The molecule has 1 N–H and O–H groups in total. The van der Waals surface area contributed by atoms with Gasteiger partial charge in [-0.15, -0.1) is 0 Å². The van der Waals surface area contributed by atoms with Gasteiger partial charge in [0.05, 0.1) is 20.3 Å². The predicted octanol–water partition coefficient (Wildman–Crippen LogP) is 4.00. The van der Waals surface area contributed by atoms with E-state index in [1.54, 1.807) is 45.4 Å². The van der Waals surface area contributed by atoms with Crippen LogP contribution in [-0.2, 0) is 4.79 Å². The molecule has 0 saturated carbocycles. The van der Waals surface area contributed by atoms with E-state index in [-0.39, 0.29) is 11.9 Å². The minimum absolute atomic E-state index is 0.210. The van der Waals surface area contributed by atoms with E-state index in [2.05, 4.69) is 5.32 Å². The van der Waals surface area contributed by atoms with Crippen molar-refractivity contribution in [1.29, 1.82) is 0 Å². The lowest BCUT2D eigenvalue weighted by atomic mass is 10.1. The SMILES string of the molecule is COc1ccc([C@@H](C)NC(=O)[C@H](C)Oc2cccc(Cl)c2)cc1OC. The molecule has 2 atom stereocenters. The average molecular weight is 364 g/mol. The highest BCUT2D eigenvalue weighted by molar-refractivity contribution is 6.30. The van der Waals surface area contributed by atoms with E-state index in [4.69, 9.17) is 25.8 Å². The van der Waals surface area contributed by atoms with Crippen LogP contribution in [0.25, 0.3) is 0 Å². The zero-order valence-electron chi connectivity index (χ0n) is 14.7. The van der Waals surface area contributed by atoms with Gasteiger partial charge in [-0.25, -0.2) is 0 Å². The Morgan fingerprint density at radius 2 is 1.76 bits per heavy atom. The number of hydrogen-bond acceptors (Lipinski definition) is 4. The maximum absolute atomic E-state index is 12.4. The highest BCUT2D eigenvalue weighted by Crippen LogP contribution is 2.30. The summed E-state index contributed by atoms with van der Waals surface area (Å²) in [5.41, 5.74) is 0.904. The number of ether oxygens (including phenoxy) is 3. The summed E-state index contributed by atoms with van der Waals surface area (Å²) in [5, 5.41) is 3.49. The van der Waals surface area contributed by atoms with Gasteiger partial charge in [0.15, 0.2) is 17.6 Å². The summed E-state index contributed by atoms with van der Waals surface area (Å²) < 4.78 is 16.2. The normalized spacial score (nSPS) is 12.8. The molecule has 2 aromatic carbocycles. The molecule has 0 spiro atoms. The topological polar surface area (TPSA) is 56.8 Å². The predicted molar refractivity (Wildman–Crippen MR) is 97.6 cm³/mol. The molecule has 2 aromatic rings. The Morgan fingerprint density at radius 3 is 2.40 bits per heavy atom. The number of halogens is 1. The molecule has 1 amide bonds. The first-order chi connectivity index (χ1) is 11.9. The van der Waals surface area contributed by atoms with Gasteiger partial charge >= 0.3 is 0 Å². The van der Waals surface area contributed by atoms with Gasteiger partial charge in [-0.3, -0.25) is 4.79 Å². The quantitative estimate of drug-likeness (QED) is 0.807. The van der Waals surface area contributed by atoms with E-state index in [0.717, 1.165) is 5.56 Å². The van der Waals surface area contributed by atoms with Crippen LogP contribution in [0, 0.1) is 0 Å². The summed E-state index contributed by atoms with van der Waals surface area (Å²) in [6, 6.07) is 12.3. The van der Waals surface area contributed by atoms with Crippen LogP contribution in [0.3, 0.4) is 0 Å². The van der Waals surface area contributed by atoms with Gasteiger partial charge in [0.2, 0.25) is 0 Å². The van der Waals surface area contributed by atoms with Gasteiger partial charge in [0, 0.05) is 5.02 Å². The van der Waals surface area contributed by atoms with Crippen LogP contribution >= 0.6 is 11.6 Å². The minimum atomic E-state index is -0.652. The van der Waals surface area contributed by atoms with E-state index in [0.29, 0.717) is 22.3 Å². The lowest BCUT2D eigenvalue weighted by Crippen LogP contribution is -2.37. The van der Waals surface area contributed by atoms with Crippen molar-refractivity contribution < 1.29 is 19.0 Å². The zero-order valence-corrected chi connectivity index (χ0v) is 15.5. The molecule has 5 nitrogen and oxygen atoms in total. The molecule has 0 saturated heterocycles. The van der Waals surface area contributed by atoms with Gasteiger partial charge in [0.25, 0.3) is 5.91 Å². The Bertz CT molecular complexity index is 735. The maximum atomic E-state index is 12.4. The number of methoxy groups -OCH3 is 2. The number of rotatable bonds is 7. The fourth-order valence-electron chi connectivity index (χ4n) is 2.33. The average Bonchev–Trinajstić information content (AvgIpc) is 2.60. The van der Waals surface area contributed by atoms with Gasteiger partial charge in [-0.05, 0) is 49.7 Å². The van der Waals surface area contributed by atoms with Crippen LogP contribution < -0.4 is 19.5 Å². The van der Waals surface area contributed by atoms with Gasteiger partial charge in [0.1, 0.15) is 5.75 Å². The van der Waals surface area contributed by atoms with Crippen molar-refractivity contribution in [1.82, 2.24) is 5.32 Å². The molecule has 0 aliphatic carbocycles. The van der Waals surface area contributed by atoms with E-state index in [1.807, 2.05) is 25.1 Å². The molecule has 0 heterocycles. The van der Waals surface area contributed by atoms with E-state index in [9.17, 15) is 4.79 Å². The van der Waals surface area contributed by atoms with Gasteiger partial charge < -0.3 is 19.5 Å². The van der Waals surface area contributed by atoms with Crippen molar-refractivity contribution in [3.63, 3.8) is 0 Å². The van der Waals surface area contributed by atoms with Crippen LogP contribution in [0.15, 0.2) is 42.5 Å². The maximum Gasteiger partial charge on any atom is 0.261 e. The first kappa shape index (κ1) is 18.9. The van der Waals surface area contributed by atoms with Crippen molar-refractivity contribution >= 4 is 17.5 Å². The molecular weight excluding hydrogens is 342 g/mol. The summed E-state index contributed by atoms with van der Waals surface area (Å²) >= 11 is 5.92. The van der Waals surface area contributed by atoms with Crippen molar-refractivity contribution in [2.45, 2.75) is 26.0 Å². The first-order valence-electron chi connectivity index (χ1n) is 7.89. The number of benzene rings is 2. The molecule has 0 aliphatic heterocycles. The third-order valence-electron chi connectivity index (χ3n) is 3.74. The number of amides is 1.